The van der Waals surface area contributed by atoms with Gasteiger partial charge in [0.2, 0.25) is 11.7 Å². The molecule has 0 bridgehead atoms. The summed E-state index contributed by atoms with van der Waals surface area (Å²) in [7, 11) is 0. The molecule has 44 heavy (non-hydrogen) atoms. The van der Waals surface area contributed by atoms with E-state index in [2.05, 4.69) is 17.1 Å². The summed E-state index contributed by atoms with van der Waals surface area (Å²) in [6.07, 6.45) is 4.57. The zero-order valence-corrected chi connectivity index (χ0v) is 26.2. The number of carbonyl (C=O) groups is 5. The van der Waals surface area contributed by atoms with Crippen molar-refractivity contribution in [2.45, 2.75) is 96.3 Å². The fraction of sp³-hybridized carbons (Fsp3) is 0.767. The van der Waals surface area contributed by atoms with Crippen LogP contribution in [0.3, 0.4) is 0 Å². The zero-order chi connectivity index (χ0) is 32.4. The molecule has 14 heteroatoms. The molecule has 0 aliphatic heterocycles. The van der Waals surface area contributed by atoms with Crippen LogP contribution in [-0.2, 0) is 33.5 Å². The fourth-order valence-electron chi connectivity index (χ4n) is 8.52. The summed E-state index contributed by atoms with van der Waals surface area (Å²) in [6.45, 7) is 4.16. The van der Waals surface area contributed by atoms with Gasteiger partial charge >= 0.3 is 5.97 Å². The zero-order valence-electron chi connectivity index (χ0n) is 25.4. The lowest BCUT2D eigenvalue weighted by molar-refractivity contribution is -0.757. The number of allylic oxidation sites excluding steroid dienone is 1. The number of thioether (sulfide) groups is 1. The topological polar surface area (TPSA) is 199 Å². The molecule has 3 N–H and O–H groups in total. The van der Waals surface area contributed by atoms with Gasteiger partial charge in [0.25, 0.3) is 5.09 Å². The van der Waals surface area contributed by atoms with Crippen LogP contribution in [0.5, 0.6) is 0 Å². The summed E-state index contributed by atoms with van der Waals surface area (Å²) in [5.74, 6) is -2.29. The van der Waals surface area contributed by atoms with Crippen molar-refractivity contribution in [3.63, 3.8) is 0 Å². The molecule has 0 radical (unpaired) electrons. The van der Waals surface area contributed by atoms with Gasteiger partial charge in [0.1, 0.15) is 11.6 Å². The number of nitrogens with one attached hydrogen (secondary N) is 1. The number of esters is 1. The first-order chi connectivity index (χ1) is 20.6. The van der Waals surface area contributed by atoms with Crippen molar-refractivity contribution in [2.24, 2.45) is 28.6 Å². The summed E-state index contributed by atoms with van der Waals surface area (Å²) in [6, 6.07) is -1.24. The largest absolute Gasteiger partial charge is 0.456 e. The molecule has 4 aliphatic carbocycles. The number of carbonyl (C=O) groups excluding carboxylic acids is 5. The Morgan fingerprint density at radius 3 is 2.61 bits per heavy atom. The second kappa shape index (κ2) is 13.3. The van der Waals surface area contributed by atoms with Crippen molar-refractivity contribution in [2.75, 3.05) is 19.0 Å². The maximum Gasteiger partial charge on any atom is 0.329 e. The van der Waals surface area contributed by atoms with Crippen molar-refractivity contribution < 1.29 is 48.8 Å². The highest BCUT2D eigenvalue weighted by Gasteiger charge is 2.68. The summed E-state index contributed by atoms with van der Waals surface area (Å²) < 4.78 is 5.27. The third kappa shape index (κ3) is 6.57. The second-order valence-corrected chi connectivity index (χ2v) is 14.2. The van der Waals surface area contributed by atoms with Crippen LogP contribution in [0, 0.1) is 38.7 Å². The monoisotopic (exact) mass is 638 g/mol. The lowest BCUT2D eigenvalue weighted by Crippen LogP contribution is -2.62. The molecule has 4 aliphatic rings. The van der Waals surface area contributed by atoms with E-state index in [1.807, 2.05) is 6.92 Å². The minimum atomic E-state index is -1.83. The fourth-order valence-corrected chi connectivity index (χ4v) is 9.39. The number of aliphatic hydroxyl groups is 2. The average Bonchev–Trinajstić information content (AvgIpc) is 3.22. The van der Waals surface area contributed by atoms with Crippen molar-refractivity contribution in [3.8, 4) is 0 Å². The Kier molecular flexibility index (Phi) is 10.3. The van der Waals surface area contributed by atoms with Gasteiger partial charge in [-0.2, -0.15) is 0 Å². The predicted molar refractivity (Wildman–Crippen MR) is 156 cm³/mol. The Morgan fingerprint density at radius 1 is 1.20 bits per heavy atom. The molecule has 0 aromatic heterocycles. The number of ether oxygens (including phenoxy) is 1. The number of nitrogens with zero attached hydrogens (tertiary/aromatic N) is 1. The number of hydrogen-bond acceptors (Lipinski definition) is 12. The van der Waals surface area contributed by atoms with Gasteiger partial charge in [-0.15, -0.1) is 10.1 Å². The van der Waals surface area contributed by atoms with E-state index in [0.29, 0.717) is 19.3 Å². The van der Waals surface area contributed by atoms with E-state index in [1.165, 1.54) is 6.92 Å². The number of fused-ring (bicyclic) bond motifs is 5. The van der Waals surface area contributed by atoms with Gasteiger partial charge in [-0.3, -0.25) is 19.2 Å². The normalized spacial score (nSPS) is 34.8. The number of Topliss-reactive ketones (excluding diaryl/α,β-unsaturated/α-hetero) is 1. The van der Waals surface area contributed by atoms with Crippen LogP contribution in [-0.4, -0.2) is 80.6 Å². The van der Waals surface area contributed by atoms with Crippen LogP contribution in [0.25, 0.3) is 0 Å². The maximum atomic E-state index is 13.6. The van der Waals surface area contributed by atoms with E-state index < -0.39 is 52.5 Å². The van der Waals surface area contributed by atoms with E-state index in [9.17, 15) is 44.3 Å². The third-order valence-electron chi connectivity index (χ3n) is 10.7. The molecule has 0 aromatic carbocycles. The van der Waals surface area contributed by atoms with Crippen LogP contribution >= 0.6 is 11.8 Å². The second-order valence-electron chi connectivity index (χ2n) is 13.1. The average molecular weight is 639 g/mol. The van der Waals surface area contributed by atoms with E-state index in [-0.39, 0.29) is 72.1 Å². The molecule has 0 heterocycles. The molecule has 1 amide bonds. The van der Waals surface area contributed by atoms with Crippen LogP contribution in [0.2, 0.25) is 0 Å². The first kappa shape index (κ1) is 34.0. The SMILES string of the molecule is CC(=O)NC(CSC(=O)CCCO[N+](=O)[O-])C(=O)OCC(=O)[C@]1(O)CCC2C3CCC4=CC(=O)CC[C@]4(C)C3[C@@H](O)C[C@@]21C. The van der Waals surface area contributed by atoms with Gasteiger partial charge < -0.3 is 25.1 Å². The Hall–Kier alpha value is -2.84. The summed E-state index contributed by atoms with van der Waals surface area (Å²) in [4.78, 5) is 76.8. The standard InChI is InChI=1S/C30H42N2O11S/c1-17(33)31-22(16-44-25(37)5-4-12-43-32(40)41)27(38)42-15-24(36)30(39)11-9-21-20-7-6-18-13-19(34)8-10-28(18,2)26(20)23(35)14-29(21,30)3/h13,20-23,26,35,39H,4-12,14-16H2,1-3H3,(H,31,33)/t20?,21?,22?,23-,26?,28-,29-,30+/m0/s1. The molecule has 244 valence electrons. The molecular weight excluding hydrogens is 596 g/mol. The minimum absolute atomic E-state index is 0.0400. The Bertz CT molecular complexity index is 1240. The van der Waals surface area contributed by atoms with E-state index in [1.54, 1.807) is 6.08 Å². The van der Waals surface area contributed by atoms with E-state index in [4.69, 9.17) is 4.74 Å². The van der Waals surface area contributed by atoms with Gasteiger partial charge in [-0.05, 0) is 74.2 Å². The molecule has 4 rings (SSSR count). The maximum absolute atomic E-state index is 13.6. The number of hydrogen-bond donors (Lipinski definition) is 3. The number of rotatable bonds is 12. The van der Waals surface area contributed by atoms with Crippen LogP contribution < -0.4 is 5.32 Å². The Labute approximate surface area is 260 Å². The van der Waals surface area contributed by atoms with Gasteiger partial charge in [-0.25, -0.2) is 4.79 Å². The summed E-state index contributed by atoms with van der Waals surface area (Å²) >= 11 is 0.740. The van der Waals surface area contributed by atoms with Crippen LogP contribution in [0.15, 0.2) is 11.6 Å². The molecule has 0 saturated heterocycles. The smallest absolute Gasteiger partial charge is 0.329 e. The van der Waals surface area contributed by atoms with Crippen molar-refractivity contribution in [1.29, 1.82) is 0 Å². The molecule has 13 nitrogen and oxygen atoms in total. The van der Waals surface area contributed by atoms with Gasteiger partial charge in [-0.1, -0.05) is 31.2 Å². The first-order valence-electron chi connectivity index (χ1n) is 15.2. The van der Waals surface area contributed by atoms with E-state index >= 15 is 0 Å². The number of ketones is 2. The van der Waals surface area contributed by atoms with Crippen LogP contribution in [0.1, 0.15) is 78.6 Å². The highest BCUT2D eigenvalue weighted by atomic mass is 32.2. The minimum Gasteiger partial charge on any atom is -0.456 e. The number of aliphatic hydroxyl groups excluding tert-OH is 1. The van der Waals surface area contributed by atoms with Gasteiger partial charge in [0, 0.05) is 30.9 Å². The highest BCUT2D eigenvalue weighted by Crippen LogP contribution is 2.67. The molecule has 0 aromatic rings. The quantitative estimate of drug-likeness (QED) is 0.122. The molecule has 3 fully saturated rings. The lowest BCUT2D eigenvalue weighted by atomic mass is 9.45. The van der Waals surface area contributed by atoms with Crippen molar-refractivity contribution >= 4 is 40.3 Å². The van der Waals surface area contributed by atoms with Crippen LogP contribution in [0.4, 0.5) is 0 Å². The van der Waals surface area contributed by atoms with Crippen molar-refractivity contribution in [1.82, 2.24) is 5.32 Å². The van der Waals surface area contributed by atoms with Gasteiger partial charge in [0.05, 0.1) is 12.7 Å². The Morgan fingerprint density at radius 2 is 1.93 bits per heavy atom. The predicted octanol–water partition coefficient (Wildman–Crippen LogP) is 2.09. The first-order valence-corrected chi connectivity index (χ1v) is 16.1. The van der Waals surface area contributed by atoms with Crippen molar-refractivity contribution in [3.05, 3.63) is 21.8 Å². The molecule has 8 atom stereocenters. The van der Waals surface area contributed by atoms with Gasteiger partial charge in [0.15, 0.2) is 17.5 Å². The molecular formula is C30H42N2O11S. The van der Waals surface area contributed by atoms with E-state index in [0.717, 1.165) is 30.2 Å². The molecule has 4 unspecified atom stereocenters. The summed E-state index contributed by atoms with van der Waals surface area (Å²) in [5.41, 5.74) is -1.99. The highest BCUT2D eigenvalue weighted by molar-refractivity contribution is 8.13. The lowest BCUT2D eigenvalue weighted by Gasteiger charge is -2.60. The Balaban J connectivity index is 1.39. The molecule has 0 spiro atoms. The number of amides is 1. The summed E-state index contributed by atoms with van der Waals surface area (Å²) in [5, 5.41) is 34.7. The third-order valence-corrected chi connectivity index (χ3v) is 11.7. The molecule has 3 saturated carbocycles.